The molecular formula is C13H16N2O3. The van der Waals surface area contributed by atoms with Gasteiger partial charge < -0.3 is 16.2 Å². The molecule has 0 unspecified atom stereocenters. The van der Waals surface area contributed by atoms with E-state index in [1.165, 1.54) is 13.0 Å². The lowest BCUT2D eigenvalue weighted by molar-refractivity contribution is -0.118. The van der Waals surface area contributed by atoms with E-state index in [1.807, 2.05) is 0 Å². The van der Waals surface area contributed by atoms with E-state index in [2.05, 4.69) is 5.32 Å². The van der Waals surface area contributed by atoms with Crippen LogP contribution >= 0.6 is 0 Å². The number of nitrogen functional groups attached to an aromatic ring is 1. The van der Waals surface area contributed by atoms with Crippen molar-refractivity contribution in [1.82, 2.24) is 5.32 Å². The van der Waals surface area contributed by atoms with Gasteiger partial charge in [-0.05, 0) is 30.2 Å². The van der Waals surface area contributed by atoms with Gasteiger partial charge in [0.25, 0.3) is 0 Å². The first-order valence-electron chi connectivity index (χ1n) is 5.46. The second-order valence-electron chi connectivity index (χ2n) is 3.96. The number of nitrogens with one attached hydrogen (secondary N) is 1. The van der Waals surface area contributed by atoms with Crippen molar-refractivity contribution in [3.05, 3.63) is 34.9 Å². The number of amides is 1. The van der Waals surface area contributed by atoms with Crippen molar-refractivity contribution in [1.29, 1.82) is 0 Å². The van der Waals surface area contributed by atoms with Gasteiger partial charge in [-0.25, -0.2) is 4.79 Å². The fourth-order valence-electron chi connectivity index (χ4n) is 1.53. The van der Waals surface area contributed by atoms with Crippen LogP contribution in [0.4, 0.5) is 5.69 Å². The number of hydrogen-bond acceptors (Lipinski definition) is 3. The van der Waals surface area contributed by atoms with Crippen molar-refractivity contribution >= 4 is 23.6 Å². The molecule has 0 saturated carbocycles. The summed E-state index contributed by atoms with van der Waals surface area (Å²) in [7, 11) is 0. The Morgan fingerprint density at radius 3 is 2.67 bits per heavy atom. The predicted octanol–water partition coefficient (Wildman–Crippen LogP) is 1.42. The van der Waals surface area contributed by atoms with Crippen LogP contribution in [0.15, 0.2) is 18.2 Å². The zero-order chi connectivity index (χ0) is 13.7. The number of anilines is 1. The number of carboxylic acid groups (broad SMARTS) is 1. The van der Waals surface area contributed by atoms with Crippen molar-refractivity contribution < 1.29 is 14.7 Å². The number of aryl methyl sites for hydroxylation is 1. The Labute approximate surface area is 105 Å². The van der Waals surface area contributed by atoms with Gasteiger partial charge in [0, 0.05) is 13.5 Å². The summed E-state index contributed by atoms with van der Waals surface area (Å²) in [5.74, 6) is -1.17. The molecule has 18 heavy (non-hydrogen) atoms. The Bertz CT molecular complexity index is 507. The molecule has 1 aromatic rings. The fraction of sp³-hybridized carbons (Fsp3) is 0.231. The largest absolute Gasteiger partial charge is 0.478 e. The smallest absolute Gasteiger partial charge is 0.337 e. The third-order valence-corrected chi connectivity index (χ3v) is 2.35. The molecule has 0 radical (unpaired) electrons. The van der Waals surface area contributed by atoms with Crippen LogP contribution in [-0.2, 0) is 4.79 Å². The summed E-state index contributed by atoms with van der Waals surface area (Å²) in [6.45, 7) is 3.61. The number of carbonyl (C=O) groups is 2. The highest BCUT2D eigenvalue weighted by Crippen LogP contribution is 2.21. The number of carbonyl (C=O) groups excluding carboxylic acids is 1. The van der Waals surface area contributed by atoms with Crippen molar-refractivity contribution in [2.24, 2.45) is 0 Å². The maximum atomic E-state index is 11.0. The average Bonchev–Trinajstić information content (AvgIpc) is 2.27. The normalized spacial score (nSPS) is 10.6. The molecular weight excluding hydrogens is 232 g/mol. The Balaban J connectivity index is 2.95. The lowest BCUT2D eigenvalue weighted by atomic mass is 10.0. The molecule has 0 saturated heterocycles. The van der Waals surface area contributed by atoms with Gasteiger partial charge in [-0.3, -0.25) is 4.79 Å². The second kappa shape index (κ2) is 5.86. The standard InChI is InChI=1S/C13H16N2O3/c1-8-6-10(4-3-5-15-9(2)16)12(14)11(7-8)13(17)18/h3-4,6-7H,5,14H2,1-2H3,(H,15,16)(H,17,18). The van der Waals surface area contributed by atoms with Crippen molar-refractivity contribution in [3.8, 4) is 0 Å². The van der Waals surface area contributed by atoms with Crippen LogP contribution in [0, 0.1) is 6.92 Å². The van der Waals surface area contributed by atoms with E-state index < -0.39 is 5.97 Å². The van der Waals surface area contributed by atoms with Gasteiger partial charge in [0.2, 0.25) is 5.91 Å². The Morgan fingerprint density at radius 1 is 1.44 bits per heavy atom. The van der Waals surface area contributed by atoms with Crippen LogP contribution in [-0.4, -0.2) is 23.5 Å². The number of rotatable bonds is 4. The first kappa shape index (κ1) is 13.8. The van der Waals surface area contributed by atoms with E-state index >= 15 is 0 Å². The molecule has 0 aliphatic rings. The molecule has 5 heteroatoms. The maximum Gasteiger partial charge on any atom is 0.337 e. The summed E-state index contributed by atoms with van der Waals surface area (Å²) in [4.78, 5) is 21.7. The molecule has 5 nitrogen and oxygen atoms in total. The average molecular weight is 248 g/mol. The summed E-state index contributed by atoms with van der Waals surface area (Å²) in [5, 5.41) is 11.6. The molecule has 1 aromatic carbocycles. The first-order chi connectivity index (χ1) is 8.41. The van der Waals surface area contributed by atoms with Crippen LogP contribution in [0.2, 0.25) is 0 Å². The van der Waals surface area contributed by atoms with E-state index in [1.54, 1.807) is 25.1 Å². The molecule has 0 heterocycles. The van der Waals surface area contributed by atoms with Crippen molar-refractivity contribution in [3.63, 3.8) is 0 Å². The van der Waals surface area contributed by atoms with Gasteiger partial charge in [0.15, 0.2) is 0 Å². The minimum atomic E-state index is -1.05. The molecule has 0 spiro atoms. The van der Waals surface area contributed by atoms with E-state index in [0.717, 1.165) is 5.56 Å². The molecule has 0 fully saturated rings. The number of nitrogens with two attached hydrogens (primary N) is 1. The number of benzene rings is 1. The number of carboxylic acids is 1. The summed E-state index contributed by atoms with van der Waals surface area (Å²) < 4.78 is 0. The highest BCUT2D eigenvalue weighted by Gasteiger charge is 2.10. The van der Waals surface area contributed by atoms with Gasteiger partial charge in [0.05, 0.1) is 11.3 Å². The minimum absolute atomic E-state index is 0.0918. The molecule has 1 rings (SSSR count). The Kier molecular flexibility index (Phi) is 4.48. The van der Waals surface area contributed by atoms with E-state index in [9.17, 15) is 9.59 Å². The van der Waals surface area contributed by atoms with Crippen LogP contribution in [0.1, 0.15) is 28.4 Å². The van der Waals surface area contributed by atoms with Gasteiger partial charge in [-0.15, -0.1) is 0 Å². The molecule has 1 amide bonds. The fourth-order valence-corrected chi connectivity index (χ4v) is 1.53. The van der Waals surface area contributed by atoms with Gasteiger partial charge in [0.1, 0.15) is 0 Å². The topological polar surface area (TPSA) is 92.4 Å². The lowest BCUT2D eigenvalue weighted by Crippen LogP contribution is -2.19. The summed E-state index contributed by atoms with van der Waals surface area (Å²) >= 11 is 0. The van der Waals surface area contributed by atoms with E-state index in [0.29, 0.717) is 12.1 Å². The molecule has 0 aliphatic heterocycles. The van der Waals surface area contributed by atoms with Crippen LogP contribution in [0.5, 0.6) is 0 Å². The second-order valence-corrected chi connectivity index (χ2v) is 3.96. The first-order valence-corrected chi connectivity index (χ1v) is 5.46. The molecule has 0 atom stereocenters. The lowest BCUT2D eigenvalue weighted by Gasteiger charge is -2.07. The third-order valence-electron chi connectivity index (χ3n) is 2.35. The summed E-state index contributed by atoms with van der Waals surface area (Å²) in [6, 6.07) is 3.33. The zero-order valence-corrected chi connectivity index (χ0v) is 10.4. The molecule has 96 valence electrons. The zero-order valence-electron chi connectivity index (χ0n) is 10.4. The van der Waals surface area contributed by atoms with E-state index in [4.69, 9.17) is 10.8 Å². The third kappa shape index (κ3) is 3.62. The van der Waals surface area contributed by atoms with Crippen molar-refractivity contribution in [2.75, 3.05) is 12.3 Å². The monoisotopic (exact) mass is 248 g/mol. The molecule has 0 bridgehead atoms. The highest BCUT2D eigenvalue weighted by atomic mass is 16.4. The quantitative estimate of drug-likeness (QED) is 0.703. The van der Waals surface area contributed by atoms with Crippen LogP contribution in [0.25, 0.3) is 6.08 Å². The molecule has 0 aromatic heterocycles. The van der Waals surface area contributed by atoms with Gasteiger partial charge in [-0.2, -0.15) is 0 Å². The highest BCUT2D eigenvalue weighted by molar-refractivity contribution is 5.96. The van der Waals surface area contributed by atoms with E-state index in [-0.39, 0.29) is 17.2 Å². The van der Waals surface area contributed by atoms with Crippen LogP contribution in [0.3, 0.4) is 0 Å². The van der Waals surface area contributed by atoms with Crippen molar-refractivity contribution in [2.45, 2.75) is 13.8 Å². The summed E-state index contributed by atoms with van der Waals surface area (Å²) in [5.41, 5.74) is 7.55. The number of aromatic carboxylic acids is 1. The van der Waals surface area contributed by atoms with Crippen LogP contribution < -0.4 is 11.1 Å². The minimum Gasteiger partial charge on any atom is -0.478 e. The number of hydrogen-bond donors (Lipinski definition) is 3. The maximum absolute atomic E-state index is 11.0. The Morgan fingerprint density at radius 2 is 2.11 bits per heavy atom. The van der Waals surface area contributed by atoms with Gasteiger partial charge in [-0.1, -0.05) is 12.2 Å². The molecule has 0 aliphatic carbocycles. The Hall–Kier alpha value is -2.30. The summed E-state index contributed by atoms with van der Waals surface area (Å²) in [6.07, 6.45) is 3.42. The molecule has 4 N–H and O–H groups in total. The predicted molar refractivity (Wildman–Crippen MR) is 70.3 cm³/mol. The SMILES string of the molecule is CC(=O)NCC=Cc1cc(C)cc(C(=O)O)c1N. The van der Waals surface area contributed by atoms with Gasteiger partial charge >= 0.3 is 5.97 Å².